The third kappa shape index (κ3) is 4.93. The maximum absolute atomic E-state index is 5.66. The summed E-state index contributed by atoms with van der Waals surface area (Å²) < 4.78 is 13.0. The van der Waals surface area contributed by atoms with Gasteiger partial charge in [-0.05, 0) is 61.9 Å². The van der Waals surface area contributed by atoms with E-state index in [1.807, 2.05) is 67.6 Å². The highest BCUT2D eigenvalue weighted by atomic mass is 16.6. The van der Waals surface area contributed by atoms with E-state index < -0.39 is 0 Å². The molecule has 5 heteroatoms. The first-order chi connectivity index (χ1) is 16.1. The largest absolute Gasteiger partial charge is 0.497 e. The first kappa shape index (κ1) is 22.2. The topological polar surface area (TPSA) is 45.0 Å². The Morgan fingerprint density at radius 1 is 0.818 bits per heavy atom. The molecule has 0 amide bonds. The van der Waals surface area contributed by atoms with Crippen molar-refractivity contribution in [2.75, 3.05) is 14.2 Å². The van der Waals surface area contributed by atoms with Gasteiger partial charge >= 0.3 is 0 Å². The second kappa shape index (κ2) is 10.1. The lowest BCUT2D eigenvalue weighted by atomic mass is 10.1. The Balaban J connectivity index is 1.74. The molecule has 33 heavy (non-hydrogen) atoms. The molecule has 0 spiro atoms. The smallest absolute Gasteiger partial charge is 0.142 e. The van der Waals surface area contributed by atoms with E-state index in [1.165, 1.54) is 0 Å². The van der Waals surface area contributed by atoms with Gasteiger partial charge in [-0.2, -0.15) is 0 Å². The highest BCUT2D eigenvalue weighted by molar-refractivity contribution is 6.01. The van der Waals surface area contributed by atoms with E-state index in [1.54, 1.807) is 14.2 Å². The summed E-state index contributed by atoms with van der Waals surface area (Å²) >= 11 is 0. The molecular formula is C28H28N2O3. The van der Waals surface area contributed by atoms with Gasteiger partial charge in [0.1, 0.15) is 18.1 Å². The summed E-state index contributed by atoms with van der Waals surface area (Å²) in [6.45, 7) is 4.50. The Morgan fingerprint density at radius 3 is 2.24 bits per heavy atom. The predicted molar refractivity (Wildman–Crippen MR) is 132 cm³/mol. The van der Waals surface area contributed by atoms with Crippen molar-refractivity contribution in [2.24, 2.45) is 5.16 Å². The minimum absolute atomic E-state index is 0.430. The van der Waals surface area contributed by atoms with Crippen molar-refractivity contribution >= 4 is 5.71 Å². The van der Waals surface area contributed by atoms with Gasteiger partial charge in [-0.3, -0.25) is 0 Å². The molecule has 0 fully saturated rings. The van der Waals surface area contributed by atoms with E-state index in [2.05, 4.69) is 40.9 Å². The minimum atomic E-state index is 0.430. The SMILES string of the molecule is COc1ccc(-n2c(-c3cccc(OC)c3)cc(C(C)=NOCc3ccccc3)c2C)cc1. The zero-order valence-corrected chi connectivity index (χ0v) is 19.4. The number of methoxy groups -OCH3 is 2. The monoisotopic (exact) mass is 440 g/mol. The second-order valence-corrected chi connectivity index (χ2v) is 7.73. The predicted octanol–water partition coefficient (Wildman–Crippen LogP) is 6.41. The molecule has 0 aliphatic carbocycles. The number of hydrogen-bond donors (Lipinski definition) is 0. The van der Waals surface area contributed by atoms with E-state index in [-0.39, 0.29) is 0 Å². The maximum Gasteiger partial charge on any atom is 0.142 e. The first-order valence-electron chi connectivity index (χ1n) is 10.8. The number of rotatable bonds is 8. The third-order valence-electron chi connectivity index (χ3n) is 5.61. The van der Waals surface area contributed by atoms with Crippen molar-refractivity contribution in [1.82, 2.24) is 4.57 Å². The number of ether oxygens (including phenoxy) is 2. The van der Waals surface area contributed by atoms with Crippen LogP contribution >= 0.6 is 0 Å². The Bertz CT molecular complexity index is 1240. The molecule has 1 heterocycles. The van der Waals surface area contributed by atoms with E-state index in [9.17, 15) is 0 Å². The summed E-state index contributed by atoms with van der Waals surface area (Å²) in [4.78, 5) is 5.66. The van der Waals surface area contributed by atoms with Crippen molar-refractivity contribution < 1.29 is 14.3 Å². The van der Waals surface area contributed by atoms with Crippen molar-refractivity contribution in [3.05, 3.63) is 102 Å². The molecule has 4 rings (SSSR count). The van der Waals surface area contributed by atoms with Crippen LogP contribution in [-0.4, -0.2) is 24.5 Å². The Hall–Kier alpha value is -3.99. The van der Waals surface area contributed by atoms with Crippen LogP contribution in [0.15, 0.2) is 90.1 Å². The lowest BCUT2D eigenvalue weighted by Crippen LogP contribution is -2.02. The van der Waals surface area contributed by atoms with Gasteiger partial charge in [0.2, 0.25) is 0 Å². The molecule has 4 aromatic rings. The summed E-state index contributed by atoms with van der Waals surface area (Å²) in [6.07, 6.45) is 0. The summed E-state index contributed by atoms with van der Waals surface area (Å²) in [5.74, 6) is 1.63. The van der Waals surface area contributed by atoms with Crippen LogP contribution in [0.25, 0.3) is 16.9 Å². The van der Waals surface area contributed by atoms with E-state index in [4.69, 9.17) is 14.3 Å². The quantitative estimate of drug-likeness (QED) is 0.235. The molecule has 0 N–H and O–H groups in total. The van der Waals surface area contributed by atoms with Gasteiger partial charge in [-0.15, -0.1) is 0 Å². The van der Waals surface area contributed by atoms with Gasteiger partial charge in [0.25, 0.3) is 0 Å². The molecule has 0 bridgehead atoms. The lowest BCUT2D eigenvalue weighted by Gasteiger charge is -2.13. The fraction of sp³-hybridized carbons (Fsp3) is 0.179. The Kier molecular flexibility index (Phi) is 6.79. The summed E-state index contributed by atoms with van der Waals surface area (Å²) in [5.41, 5.74) is 7.13. The minimum Gasteiger partial charge on any atom is -0.497 e. The zero-order chi connectivity index (χ0) is 23.2. The molecule has 5 nitrogen and oxygen atoms in total. The molecule has 0 saturated carbocycles. The van der Waals surface area contributed by atoms with Crippen LogP contribution in [0.2, 0.25) is 0 Å². The van der Waals surface area contributed by atoms with Crippen molar-refractivity contribution in [2.45, 2.75) is 20.5 Å². The normalized spacial score (nSPS) is 11.3. The fourth-order valence-corrected chi connectivity index (χ4v) is 3.86. The average molecular weight is 441 g/mol. The molecule has 0 radical (unpaired) electrons. The van der Waals surface area contributed by atoms with Crippen LogP contribution < -0.4 is 9.47 Å². The summed E-state index contributed by atoms with van der Waals surface area (Å²) in [7, 11) is 3.35. The van der Waals surface area contributed by atoms with Crippen LogP contribution in [0.5, 0.6) is 11.5 Å². The van der Waals surface area contributed by atoms with Crippen molar-refractivity contribution in [1.29, 1.82) is 0 Å². The van der Waals surface area contributed by atoms with Crippen molar-refractivity contribution in [3.63, 3.8) is 0 Å². The zero-order valence-electron chi connectivity index (χ0n) is 19.4. The third-order valence-corrected chi connectivity index (χ3v) is 5.61. The van der Waals surface area contributed by atoms with Crippen molar-refractivity contribution in [3.8, 4) is 28.4 Å². The molecule has 0 aliphatic heterocycles. The Morgan fingerprint density at radius 2 is 1.55 bits per heavy atom. The maximum atomic E-state index is 5.66. The van der Waals surface area contributed by atoms with E-state index >= 15 is 0 Å². The Labute approximate surface area is 194 Å². The summed E-state index contributed by atoms with van der Waals surface area (Å²) in [6, 6.07) is 28.3. The molecule has 0 unspecified atom stereocenters. The van der Waals surface area contributed by atoms with Gasteiger partial charge < -0.3 is 18.9 Å². The molecule has 168 valence electrons. The standard InChI is InChI=1S/C28H28N2O3/c1-20(29-33-19-22-9-6-5-7-10-22)27-18-28(23-11-8-12-26(17-23)32-4)30(21(27)2)24-13-15-25(31-3)16-14-24/h5-18H,19H2,1-4H3. The summed E-state index contributed by atoms with van der Waals surface area (Å²) in [5, 5.41) is 4.41. The van der Waals surface area contributed by atoms with Gasteiger partial charge in [-0.25, -0.2) is 0 Å². The van der Waals surface area contributed by atoms with Crippen LogP contribution in [0.1, 0.15) is 23.7 Å². The van der Waals surface area contributed by atoms with Gasteiger partial charge in [0.05, 0.1) is 25.6 Å². The molecular weight excluding hydrogens is 412 g/mol. The fourth-order valence-electron chi connectivity index (χ4n) is 3.86. The molecule has 0 atom stereocenters. The van der Waals surface area contributed by atoms with Gasteiger partial charge in [0.15, 0.2) is 0 Å². The number of hydrogen-bond acceptors (Lipinski definition) is 4. The average Bonchev–Trinajstić information content (AvgIpc) is 3.21. The van der Waals surface area contributed by atoms with E-state index in [0.29, 0.717) is 6.61 Å². The lowest BCUT2D eigenvalue weighted by molar-refractivity contribution is 0.130. The highest BCUT2D eigenvalue weighted by Crippen LogP contribution is 2.32. The number of benzene rings is 3. The van der Waals surface area contributed by atoms with Crippen LogP contribution in [0.3, 0.4) is 0 Å². The second-order valence-electron chi connectivity index (χ2n) is 7.73. The molecule has 1 aromatic heterocycles. The number of nitrogens with zero attached hydrogens (tertiary/aromatic N) is 2. The first-order valence-corrected chi connectivity index (χ1v) is 10.8. The highest BCUT2D eigenvalue weighted by Gasteiger charge is 2.17. The van der Waals surface area contributed by atoms with Crippen LogP contribution in [-0.2, 0) is 11.4 Å². The molecule has 3 aromatic carbocycles. The van der Waals surface area contributed by atoms with E-state index in [0.717, 1.165) is 51.0 Å². The number of aromatic nitrogens is 1. The molecule has 0 saturated heterocycles. The van der Waals surface area contributed by atoms with Crippen LogP contribution in [0.4, 0.5) is 0 Å². The van der Waals surface area contributed by atoms with Gasteiger partial charge in [-0.1, -0.05) is 47.6 Å². The van der Waals surface area contributed by atoms with Crippen LogP contribution in [0, 0.1) is 6.92 Å². The van der Waals surface area contributed by atoms with Gasteiger partial charge in [0, 0.05) is 22.5 Å². The number of oxime groups is 1. The molecule has 0 aliphatic rings.